The lowest BCUT2D eigenvalue weighted by molar-refractivity contribution is 0.708. The van der Waals surface area contributed by atoms with E-state index in [1.807, 2.05) is 11.8 Å². The van der Waals surface area contributed by atoms with Crippen LogP contribution in [0.2, 0.25) is 0 Å². The number of rotatable bonds is 6. The van der Waals surface area contributed by atoms with Crippen LogP contribution in [0.25, 0.3) is 44.5 Å². The molecule has 0 bridgehead atoms. The van der Waals surface area contributed by atoms with Crippen molar-refractivity contribution in [3.05, 3.63) is 271 Å². The van der Waals surface area contributed by atoms with Gasteiger partial charge in [-0.3, -0.25) is 0 Å². The lowest BCUT2D eigenvalue weighted by Gasteiger charge is -2.43. The second-order valence-electron chi connectivity index (χ2n) is 16.7. The van der Waals surface area contributed by atoms with E-state index in [1.165, 1.54) is 82.1 Å². The Balaban J connectivity index is 1.08. The van der Waals surface area contributed by atoms with Crippen LogP contribution in [0.1, 0.15) is 40.2 Å². The fourth-order valence-electron chi connectivity index (χ4n) is 10.4. The second kappa shape index (κ2) is 15.5. The SMILES string of the molecule is C1=CCC(c2ccc(N(c3ccc(-c4ccccc4)cc3)c3ccccc3-c3ccc4c(c3)C3(c5ccccc5S4)c4ccccc4-c4ccccc4-c4ccccc43)cc2)C=C1. The minimum Gasteiger partial charge on any atom is -0.310 e. The van der Waals surface area contributed by atoms with Gasteiger partial charge in [-0.15, -0.1) is 0 Å². The predicted molar refractivity (Wildman–Crippen MR) is 264 cm³/mol. The van der Waals surface area contributed by atoms with Gasteiger partial charge < -0.3 is 4.90 Å². The van der Waals surface area contributed by atoms with Gasteiger partial charge in [0.2, 0.25) is 0 Å². The van der Waals surface area contributed by atoms with E-state index >= 15 is 0 Å². The first-order valence-corrected chi connectivity index (χ1v) is 22.8. The van der Waals surface area contributed by atoms with Crippen LogP contribution < -0.4 is 4.90 Å². The number of fused-ring (bicyclic) bond motifs is 11. The molecule has 0 saturated carbocycles. The van der Waals surface area contributed by atoms with Crippen LogP contribution in [0.5, 0.6) is 0 Å². The van der Waals surface area contributed by atoms with Crippen LogP contribution in [0.4, 0.5) is 17.1 Å². The van der Waals surface area contributed by atoms with Gasteiger partial charge in [0.25, 0.3) is 0 Å². The van der Waals surface area contributed by atoms with E-state index in [0.717, 1.165) is 23.5 Å². The fourth-order valence-corrected chi connectivity index (χ4v) is 11.6. The van der Waals surface area contributed by atoms with E-state index in [1.54, 1.807) is 0 Å². The van der Waals surface area contributed by atoms with Gasteiger partial charge in [0.15, 0.2) is 0 Å². The van der Waals surface area contributed by atoms with Gasteiger partial charge in [-0.25, -0.2) is 0 Å². The van der Waals surface area contributed by atoms with Crippen LogP contribution in [-0.2, 0) is 5.41 Å². The van der Waals surface area contributed by atoms with E-state index in [2.05, 4.69) is 248 Å². The summed E-state index contributed by atoms with van der Waals surface area (Å²) in [6.07, 6.45) is 9.92. The van der Waals surface area contributed by atoms with Crippen molar-refractivity contribution in [3.8, 4) is 44.5 Å². The van der Waals surface area contributed by atoms with Crippen LogP contribution in [0.3, 0.4) is 0 Å². The predicted octanol–water partition coefficient (Wildman–Crippen LogP) is 16.6. The van der Waals surface area contributed by atoms with Gasteiger partial charge in [0.1, 0.15) is 0 Å². The largest absolute Gasteiger partial charge is 0.310 e. The summed E-state index contributed by atoms with van der Waals surface area (Å²) in [7, 11) is 0. The van der Waals surface area contributed by atoms with Crippen LogP contribution in [-0.4, -0.2) is 0 Å². The molecule has 1 unspecified atom stereocenters. The van der Waals surface area contributed by atoms with Crippen LogP contribution >= 0.6 is 11.8 Å². The average molecular weight is 822 g/mol. The zero-order chi connectivity index (χ0) is 41.7. The zero-order valence-electron chi connectivity index (χ0n) is 34.7. The third-order valence-electron chi connectivity index (χ3n) is 13.3. The molecule has 3 aliphatic rings. The summed E-state index contributed by atoms with van der Waals surface area (Å²) in [4.78, 5) is 5.01. The van der Waals surface area contributed by atoms with E-state index in [9.17, 15) is 0 Å². The topological polar surface area (TPSA) is 3.24 Å². The first kappa shape index (κ1) is 37.4. The highest BCUT2D eigenvalue weighted by Crippen LogP contribution is 2.61. The highest BCUT2D eigenvalue weighted by molar-refractivity contribution is 7.99. The van der Waals surface area contributed by atoms with Crippen molar-refractivity contribution in [2.24, 2.45) is 0 Å². The number of hydrogen-bond acceptors (Lipinski definition) is 2. The molecule has 0 radical (unpaired) electrons. The molecule has 12 rings (SSSR count). The summed E-state index contributed by atoms with van der Waals surface area (Å²) < 4.78 is 0. The van der Waals surface area contributed by atoms with Crippen LogP contribution in [0, 0.1) is 0 Å². The molecule has 1 nitrogen and oxygen atoms in total. The van der Waals surface area contributed by atoms with Crippen molar-refractivity contribution < 1.29 is 0 Å². The summed E-state index contributed by atoms with van der Waals surface area (Å²) >= 11 is 1.89. The minimum atomic E-state index is -0.583. The van der Waals surface area contributed by atoms with Gasteiger partial charge >= 0.3 is 0 Å². The molecule has 298 valence electrons. The van der Waals surface area contributed by atoms with E-state index in [-0.39, 0.29) is 0 Å². The second-order valence-corrected chi connectivity index (χ2v) is 17.8. The maximum Gasteiger partial charge on any atom is 0.0735 e. The van der Waals surface area contributed by atoms with Crippen molar-refractivity contribution >= 4 is 28.8 Å². The number of nitrogens with zero attached hydrogens (tertiary/aromatic N) is 1. The molecule has 2 heteroatoms. The zero-order valence-corrected chi connectivity index (χ0v) is 35.6. The maximum absolute atomic E-state index is 2.52. The molecular formula is C61H43NS. The molecular weight excluding hydrogens is 779 g/mol. The molecule has 9 aromatic carbocycles. The number of allylic oxidation sites excluding steroid dienone is 4. The third-order valence-corrected chi connectivity index (χ3v) is 14.5. The fraction of sp³-hybridized carbons (Fsp3) is 0.0492. The molecule has 0 N–H and O–H groups in total. The Labute approximate surface area is 374 Å². The standard InChI is InChI=1S/C61H43NS/c1-3-17-42(18-4-1)44-31-36-47(37-32-44)62(48-38-33-45(34-39-48)43-19-5-2-6-20-43)58-29-15-11-21-49(58)46-35-40-60-57(41-46)61(56-28-14-16-30-59(56)63-60)54-26-12-9-24-52(54)50-22-7-8-23-51(50)53-25-10-13-27-55(53)61/h1-19,21-41,43H,20H2. The summed E-state index contributed by atoms with van der Waals surface area (Å²) in [5, 5.41) is 0. The number of anilines is 3. The van der Waals surface area contributed by atoms with Crippen LogP contribution in [0.15, 0.2) is 252 Å². The van der Waals surface area contributed by atoms with Crippen molar-refractivity contribution in [2.75, 3.05) is 4.90 Å². The van der Waals surface area contributed by atoms with E-state index in [4.69, 9.17) is 0 Å². The van der Waals surface area contributed by atoms with E-state index in [0.29, 0.717) is 5.92 Å². The normalized spacial score (nSPS) is 15.0. The molecule has 0 aromatic heterocycles. The van der Waals surface area contributed by atoms with Gasteiger partial charge in [-0.1, -0.05) is 206 Å². The van der Waals surface area contributed by atoms with Crippen molar-refractivity contribution in [3.63, 3.8) is 0 Å². The lowest BCUT2D eigenvalue weighted by atomic mass is 9.63. The smallest absolute Gasteiger partial charge is 0.0735 e. The molecule has 0 fully saturated rings. The Morgan fingerprint density at radius 3 is 1.59 bits per heavy atom. The maximum atomic E-state index is 2.52. The molecule has 9 aromatic rings. The molecule has 1 atom stereocenters. The molecule has 1 heterocycles. The van der Waals surface area contributed by atoms with Gasteiger partial charge in [-0.2, -0.15) is 0 Å². The quantitative estimate of drug-likeness (QED) is 0.164. The van der Waals surface area contributed by atoms with Gasteiger partial charge in [-0.05, 0) is 122 Å². The number of para-hydroxylation sites is 1. The number of benzene rings is 9. The molecule has 63 heavy (non-hydrogen) atoms. The Bertz CT molecular complexity index is 3160. The molecule has 0 amide bonds. The molecule has 2 aliphatic carbocycles. The Morgan fingerprint density at radius 1 is 0.397 bits per heavy atom. The van der Waals surface area contributed by atoms with Gasteiger partial charge in [0.05, 0.1) is 11.1 Å². The summed E-state index contributed by atoms with van der Waals surface area (Å²) in [6, 6.07) is 81.5. The van der Waals surface area contributed by atoms with Crippen molar-refractivity contribution in [1.82, 2.24) is 0 Å². The number of hydrogen-bond donors (Lipinski definition) is 0. The Morgan fingerprint density at radius 2 is 0.921 bits per heavy atom. The highest BCUT2D eigenvalue weighted by atomic mass is 32.2. The minimum absolute atomic E-state index is 0.382. The average Bonchev–Trinajstić information content (AvgIpc) is 3.47. The van der Waals surface area contributed by atoms with Crippen molar-refractivity contribution in [1.29, 1.82) is 0 Å². The van der Waals surface area contributed by atoms with E-state index < -0.39 is 5.41 Å². The summed E-state index contributed by atoms with van der Waals surface area (Å²) in [5.74, 6) is 0.382. The molecule has 1 spiro atoms. The molecule has 0 saturated heterocycles. The van der Waals surface area contributed by atoms with Gasteiger partial charge in [0, 0.05) is 32.6 Å². The summed E-state index contributed by atoms with van der Waals surface area (Å²) in [5.41, 5.74) is 19.2. The monoisotopic (exact) mass is 821 g/mol. The molecule has 1 aliphatic heterocycles. The van der Waals surface area contributed by atoms with Crippen molar-refractivity contribution in [2.45, 2.75) is 27.5 Å². The lowest BCUT2D eigenvalue weighted by Crippen LogP contribution is -2.34. The highest BCUT2D eigenvalue weighted by Gasteiger charge is 2.48. The third kappa shape index (κ3) is 6.16. The summed E-state index contributed by atoms with van der Waals surface area (Å²) in [6.45, 7) is 0. The Kier molecular flexibility index (Phi) is 9.20. The Hall–Kier alpha value is -7.39. The first-order chi connectivity index (χ1) is 31.3. The first-order valence-electron chi connectivity index (χ1n) is 21.9.